The SMILES string of the molecule is O=C(C[C@H]1CC=CC[C@H](Cc2ccccc2)C(=O)OC[C@@H](c2ccccc2)NC1=O)N[C@H](CO)Cc1ccc(OCc2ccccc2)cc1. The molecule has 254 valence electrons. The summed E-state index contributed by atoms with van der Waals surface area (Å²) in [5.41, 5.74) is 3.85. The summed E-state index contributed by atoms with van der Waals surface area (Å²) in [6.45, 7) is 0.190. The molecule has 0 radical (unpaired) electrons. The number of amides is 2. The number of esters is 1. The number of aliphatic hydroxyl groups is 1. The van der Waals surface area contributed by atoms with E-state index in [2.05, 4.69) is 10.6 Å². The maximum Gasteiger partial charge on any atom is 0.309 e. The number of nitrogens with one attached hydrogen (secondary N) is 2. The van der Waals surface area contributed by atoms with Crippen LogP contribution in [0.1, 0.15) is 47.6 Å². The zero-order chi connectivity index (χ0) is 34.3. The van der Waals surface area contributed by atoms with E-state index in [1.54, 1.807) is 0 Å². The van der Waals surface area contributed by atoms with Crippen molar-refractivity contribution in [3.8, 4) is 5.75 Å². The van der Waals surface area contributed by atoms with Crippen LogP contribution in [0.5, 0.6) is 5.75 Å². The Labute approximate surface area is 288 Å². The highest BCUT2D eigenvalue weighted by Crippen LogP contribution is 2.22. The number of carbonyl (C=O) groups is 3. The van der Waals surface area contributed by atoms with Gasteiger partial charge >= 0.3 is 5.97 Å². The number of cyclic esters (lactones) is 1. The summed E-state index contributed by atoms with van der Waals surface area (Å²) in [7, 11) is 0. The van der Waals surface area contributed by atoms with Crippen LogP contribution in [-0.2, 0) is 38.6 Å². The number of hydrogen-bond acceptors (Lipinski definition) is 6. The minimum atomic E-state index is -0.662. The van der Waals surface area contributed by atoms with E-state index >= 15 is 0 Å². The molecular weight excluding hydrogens is 616 g/mol. The van der Waals surface area contributed by atoms with Crippen molar-refractivity contribution in [2.24, 2.45) is 11.8 Å². The van der Waals surface area contributed by atoms with Crippen molar-refractivity contribution in [2.75, 3.05) is 13.2 Å². The van der Waals surface area contributed by atoms with Gasteiger partial charge in [0.2, 0.25) is 11.8 Å². The summed E-state index contributed by atoms with van der Waals surface area (Å²) in [5, 5.41) is 16.1. The first kappa shape index (κ1) is 35.1. The normalized spacial score (nSPS) is 19.0. The van der Waals surface area contributed by atoms with Gasteiger partial charge in [0.05, 0.1) is 30.5 Å². The Morgan fingerprint density at radius 3 is 2.06 bits per heavy atom. The number of rotatable bonds is 12. The van der Waals surface area contributed by atoms with Crippen LogP contribution in [0.25, 0.3) is 0 Å². The monoisotopic (exact) mass is 660 g/mol. The van der Waals surface area contributed by atoms with Gasteiger partial charge in [-0.25, -0.2) is 0 Å². The van der Waals surface area contributed by atoms with Crippen LogP contribution >= 0.6 is 0 Å². The smallest absolute Gasteiger partial charge is 0.309 e. The van der Waals surface area contributed by atoms with Crippen LogP contribution < -0.4 is 15.4 Å². The van der Waals surface area contributed by atoms with Gasteiger partial charge < -0.3 is 25.2 Å². The number of benzene rings is 4. The summed E-state index contributed by atoms with van der Waals surface area (Å²) >= 11 is 0. The highest BCUT2D eigenvalue weighted by molar-refractivity contribution is 5.86. The quantitative estimate of drug-likeness (QED) is 0.129. The number of carbonyl (C=O) groups excluding carboxylic acids is 3. The number of aliphatic hydroxyl groups excluding tert-OH is 1. The number of ether oxygens (including phenoxy) is 2. The molecule has 2 amide bonds. The second kappa shape index (κ2) is 18.4. The Morgan fingerprint density at radius 2 is 1.41 bits per heavy atom. The fraction of sp³-hybridized carbons (Fsp3) is 0.293. The molecule has 4 atom stereocenters. The first-order valence-corrected chi connectivity index (χ1v) is 16.8. The zero-order valence-electron chi connectivity index (χ0n) is 27.6. The van der Waals surface area contributed by atoms with E-state index in [4.69, 9.17) is 9.47 Å². The lowest BCUT2D eigenvalue weighted by Crippen LogP contribution is -2.42. The van der Waals surface area contributed by atoms with Gasteiger partial charge in [0.1, 0.15) is 19.0 Å². The van der Waals surface area contributed by atoms with Gasteiger partial charge in [0.25, 0.3) is 0 Å². The Hall–Kier alpha value is -5.21. The highest BCUT2D eigenvalue weighted by Gasteiger charge is 2.28. The molecule has 4 aromatic carbocycles. The molecule has 0 bridgehead atoms. The molecule has 5 rings (SSSR count). The van der Waals surface area contributed by atoms with Crippen molar-refractivity contribution in [1.29, 1.82) is 0 Å². The molecule has 0 unspecified atom stereocenters. The van der Waals surface area contributed by atoms with Gasteiger partial charge in [-0.1, -0.05) is 115 Å². The van der Waals surface area contributed by atoms with Gasteiger partial charge in [-0.3, -0.25) is 14.4 Å². The van der Waals surface area contributed by atoms with Gasteiger partial charge in [-0.2, -0.15) is 0 Å². The summed E-state index contributed by atoms with van der Waals surface area (Å²) in [6, 6.07) is 35.6. The molecule has 49 heavy (non-hydrogen) atoms. The van der Waals surface area contributed by atoms with Crippen LogP contribution in [0.4, 0.5) is 0 Å². The molecule has 4 aromatic rings. The average Bonchev–Trinajstić information content (AvgIpc) is 3.14. The molecule has 0 aromatic heterocycles. The number of hydrogen-bond donors (Lipinski definition) is 3. The van der Waals surface area contributed by atoms with Crippen LogP contribution in [0.2, 0.25) is 0 Å². The maximum absolute atomic E-state index is 13.6. The molecule has 0 saturated heterocycles. The molecule has 8 heteroatoms. The molecule has 0 aliphatic carbocycles. The fourth-order valence-electron chi connectivity index (χ4n) is 5.86. The van der Waals surface area contributed by atoms with Gasteiger partial charge in [0.15, 0.2) is 0 Å². The molecule has 3 N–H and O–H groups in total. The minimum absolute atomic E-state index is 0.0226. The Kier molecular flexibility index (Phi) is 13.2. The second-order valence-electron chi connectivity index (χ2n) is 12.4. The summed E-state index contributed by atoms with van der Waals surface area (Å²) in [4.78, 5) is 40.1. The third-order valence-electron chi connectivity index (χ3n) is 8.62. The summed E-state index contributed by atoms with van der Waals surface area (Å²) in [6.07, 6.45) is 5.43. The molecule has 1 aliphatic rings. The van der Waals surface area contributed by atoms with E-state index in [9.17, 15) is 19.5 Å². The molecule has 0 spiro atoms. The third-order valence-corrected chi connectivity index (χ3v) is 8.62. The molecule has 8 nitrogen and oxygen atoms in total. The largest absolute Gasteiger partial charge is 0.489 e. The van der Waals surface area contributed by atoms with Crippen LogP contribution in [0.3, 0.4) is 0 Å². The fourth-order valence-corrected chi connectivity index (χ4v) is 5.86. The molecule has 0 saturated carbocycles. The minimum Gasteiger partial charge on any atom is -0.489 e. The van der Waals surface area contributed by atoms with Crippen LogP contribution in [-0.4, -0.2) is 42.1 Å². The summed E-state index contributed by atoms with van der Waals surface area (Å²) in [5.74, 6) is -1.27. The van der Waals surface area contributed by atoms with E-state index in [-0.39, 0.29) is 43.3 Å². The van der Waals surface area contributed by atoms with Gasteiger partial charge in [-0.05, 0) is 60.1 Å². The molecule has 1 aliphatic heterocycles. The number of allylic oxidation sites excluding steroid dienone is 2. The van der Waals surface area contributed by atoms with E-state index in [1.165, 1.54) is 0 Å². The first-order valence-electron chi connectivity index (χ1n) is 16.8. The van der Waals surface area contributed by atoms with Crippen LogP contribution in [0, 0.1) is 11.8 Å². The Bertz CT molecular complexity index is 1640. The zero-order valence-corrected chi connectivity index (χ0v) is 27.6. The molecule has 0 fully saturated rings. The van der Waals surface area contributed by atoms with Gasteiger partial charge in [-0.15, -0.1) is 0 Å². The second-order valence-corrected chi connectivity index (χ2v) is 12.4. The predicted octanol–water partition coefficient (Wildman–Crippen LogP) is 5.90. The Balaban J connectivity index is 1.22. The topological polar surface area (TPSA) is 114 Å². The lowest BCUT2D eigenvalue weighted by atomic mass is 9.94. The standard InChI is InChI=1S/C41H44N2O6/c44-27-36(25-31-20-22-37(23-21-31)48-28-32-14-6-2-7-15-32)42-39(45)26-34-18-10-11-19-35(24-30-12-4-1-5-13-30)41(47)49-29-38(43-40(34)46)33-16-8-3-9-17-33/h1-17,20-23,34-36,38,44H,18-19,24-29H2,(H,42,45)(H,43,46)/t34-,35-,36+,38+/m1/s1. The van der Waals surface area contributed by atoms with Crippen molar-refractivity contribution in [3.63, 3.8) is 0 Å². The first-order chi connectivity index (χ1) is 24.0. The predicted molar refractivity (Wildman–Crippen MR) is 188 cm³/mol. The van der Waals surface area contributed by atoms with Crippen molar-refractivity contribution in [3.05, 3.63) is 150 Å². The molecule has 1 heterocycles. The average molecular weight is 661 g/mol. The maximum atomic E-state index is 13.6. The van der Waals surface area contributed by atoms with Crippen molar-refractivity contribution >= 4 is 17.8 Å². The van der Waals surface area contributed by atoms with E-state index in [1.807, 2.05) is 127 Å². The van der Waals surface area contributed by atoms with E-state index in [0.29, 0.717) is 32.3 Å². The highest BCUT2D eigenvalue weighted by atomic mass is 16.5. The van der Waals surface area contributed by atoms with Gasteiger partial charge in [0, 0.05) is 6.42 Å². The van der Waals surface area contributed by atoms with E-state index in [0.717, 1.165) is 28.0 Å². The van der Waals surface area contributed by atoms with E-state index < -0.39 is 18.0 Å². The lowest BCUT2D eigenvalue weighted by Gasteiger charge is -2.25. The summed E-state index contributed by atoms with van der Waals surface area (Å²) < 4.78 is 11.7. The lowest BCUT2D eigenvalue weighted by molar-refractivity contribution is -0.150. The van der Waals surface area contributed by atoms with Crippen molar-refractivity contribution < 1.29 is 29.0 Å². The van der Waals surface area contributed by atoms with Crippen molar-refractivity contribution in [2.45, 2.75) is 50.8 Å². The van der Waals surface area contributed by atoms with Crippen molar-refractivity contribution in [1.82, 2.24) is 10.6 Å². The molecular formula is C41H44N2O6. The Morgan fingerprint density at radius 1 is 0.796 bits per heavy atom. The third kappa shape index (κ3) is 11.2. The van der Waals surface area contributed by atoms with Crippen LogP contribution in [0.15, 0.2) is 127 Å².